The van der Waals surface area contributed by atoms with E-state index in [4.69, 9.17) is 15.0 Å². The molecule has 0 N–H and O–H groups in total. The normalized spacial score (nSPS) is 11.2. The van der Waals surface area contributed by atoms with Crippen molar-refractivity contribution in [2.45, 2.75) is 0 Å². The minimum atomic E-state index is 0.591. The van der Waals surface area contributed by atoms with Crippen LogP contribution in [0.2, 0.25) is 0 Å². The molecular formula is C51H33N5. The van der Waals surface area contributed by atoms with Crippen LogP contribution in [0.1, 0.15) is 0 Å². The van der Waals surface area contributed by atoms with Gasteiger partial charge in [-0.2, -0.15) is 0 Å². The second kappa shape index (κ2) is 14.3. The van der Waals surface area contributed by atoms with Crippen molar-refractivity contribution < 1.29 is 0 Å². The summed E-state index contributed by atoms with van der Waals surface area (Å²) >= 11 is 0. The summed E-state index contributed by atoms with van der Waals surface area (Å²) < 4.78 is 0. The van der Waals surface area contributed by atoms with Crippen LogP contribution in [0.5, 0.6) is 0 Å². The van der Waals surface area contributed by atoms with Gasteiger partial charge < -0.3 is 0 Å². The first-order chi connectivity index (χ1) is 27.7. The van der Waals surface area contributed by atoms with Crippen molar-refractivity contribution >= 4 is 21.5 Å². The average molecular weight is 716 g/mol. The first-order valence-corrected chi connectivity index (χ1v) is 18.7. The van der Waals surface area contributed by atoms with Gasteiger partial charge in [-0.05, 0) is 86.3 Å². The van der Waals surface area contributed by atoms with E-state index in [1.807, 2.05) is 48.8 Å². The minimum Gasteiger partial charge on any atom is -0.256 e. The quantitative estimate of drug-likeness (QED) is 0.164. The highest BCUT2D eigenvalue weighted by molar-refractivity contribution is 6.01. The molecule has 5 heteroatoms. The summed E-state index contributed by atoms with van der Waals surface area (Å²) in [5.74, 6) is 1.78. The van der Waals surface area contributed by atoms with Gasteiger partial charge in [0.05, 0.1) is 11.4 Å². The summed E-state index contributed by atoms with van der Waals surface area (Å²) in [6.45, 7) is 0. The summed E-state index contributed by atoms with van der Waals surface area (Å²) in [4.78, 5) is 24.6. The second-order valence-electron chi connectivity index (χ2n) is 13.7. The predicted octanol–water partition coefficient (Wildman–Crippen LogP) is 12.6. The topological polar surface area (TPSA) is 64.5 Å². The lowest BCUT2D eigenvalue weighted by molar-refractivity contribution is 1.07. The van der Waals surface area contributed by atoms with Crippen molar-refractivity contribution in [3.63, 3.8) is 0 Å². The van der Waals surface area contributed by atoms with Crippen LogP contribution < -0.4 is 0 Å². The van der Waals surface area contributed by atoms with Crippen LogP contribution in [-0.4, -0.2) is 24.9 Å². The Morgan fingerprint density at radius 2 is 0.643 bits per heavy atom. The standard InChI is InChI=1S/C51H33N5/c1-3-15-43-34(11-1)13-9-17-45(43)40-31-41(46-18-10-14-35-12-2-4-16-44(35)46)33-42(32-40)51-55-49(38-25-21-36(22-26-38)47-19-5-7-29-52-47)54-50(56-51)39-27-23-37(24-28-39)48-20-6-8-30-53-48/h1-33H. The zero-order valence-electron chi connectivity index (χ0n) is 30.3. The zero-order chi connectivity index (χ0) is 37.3. The highest BCUT2D eigenvalue weighted by Crippen LogP contribution is 2.38. The molecule has 0 fully saturated rings. The molecule has 0 unspecified atom stereocenters. The maximum atomic E-state index is 5.21. The first kappa shape index (κ1) is 33.0. The van der Waals surface area contributed by atoms with Crippen LogP contribution in [0.15, 0.2) is 200 Å². The molecule has 10 aromatic rings. The van der Waals surface area contributed by atoms with E-state index < -0.39 is 0 Å². The van der Waals surface area contributed by atoms with Crippen molar-refractivity contribution in [3.05, 3.63) is 200 Å². The summed E-state index contributed by atoms with van der Waals surface area (Å²) in [5, 5.41) is 4.76. The summed E-state index contributed by atoms with van der Waals surface area (Å²) in [7, 11) is 0. The summed E-state index contributed by atoms with van der Waals surface area (Å²) in [6.07, 6.45) is 3.62. The molecule has 262 valence electrons. The van der Waals surface area contributed by atoms with Crippen LogP contribution in [0.3, 0.4) is 0 Å². The van der Waals surface area contributed by atoms with E-state index in [0.717, 1.165) is 61.5 Å². The molecule has 0 spiro atoms. The fraction of sp³-hybridized carbons (Fsp3) is 0. The molecule has 0 atom stereocenters. The molecule has 0 radical (unpaired) electrons. The highest BCUT2D eigenvalue weighted by Gasteiger charge is 2.17. The van der Waals surface area contributed by atoms with Gasteiger partial charge >= 0.3 is 0 Å². The molecule has 3 aromatic heterocycles. The Bertz CT molecular complexity index is 2790. The van der Waals surface area contributed by atoms with Crippen LogP contribution in [0, 0.1) is 0 Å². The Balaban J connectivity index is 1.18. The third-order valence-electron chi connectivity index (χ3n) is 10.2. The third kappa shape index (κ3) is 6.37. The smallest absolute Gasteiger partial charge is 0.164 e. The first-order valence-electron chi connectivity index (χ1n) is 18.7. The third-order valence-corrected chi connectivity index (χ3v) is 10.2. The highest BCUT2D eigenvalue weighted by atomic mass is 15.0. The van der Waals surface area contributed by atoms with E-state index in [-0.39, 0.29) is 0 Å². The Morgan fingerprint density at radius 1 is 0.268 bits per heavy atom. The number of benzene rings is 7. The van der Waals surface area contributed by atoms with Gasteiger partial charge in [-0.25, -0.2) is 15.0 Å². The number of pyridine rings is 2. The maximum Gasteiger partial charge on any atom is 0.164 e. The van der Waals surface area contributed by atoms with Gasteiger partial charge in [0.1, 0.15) is 0 Å². The molecule has 7 aromatic carbocycles. The van der Waals surface area contributed by atoms with Crippen molar-refractivity contribution in [1.29, 1.82) is 0 Å². The van der Waals surface area contributed by atoms with Crippen LogP contribution in [0.4, 0.5) is 0 Å². The lowest BCUT2D eigenvalue weighted by atomic mass is 9.91. The van der Waals surface area contributed by atoms with Crippen molar-refractivity contribution in [2.24, 2.45) is 0 Å². The molecule has 0 saturated carbocycles. The monoisotopic (exact) mass is 715 g/mol. The molecular weight excluding hydrogens is 683 g/mol. The minimum absolute atomic E-state index is 0.591. The lowest BCUT2D eigenvalue weighted by Gasteiger charge is -2.15. The van der Waals surface area contributed by atoms with E-state index >= 15 is 0 Å². The van der Waals surface area contributed by atoms with Gasteiger partial charge in [-0.1, -0.05) is 146 Å². The van der Waals surface area contributed by atoms with Crippen LogP contribution in [0.25, 0.3) is 100 Å². The second-order valence-corrected chi connectivity index (χ2v) is 13.7. The maximum absolute atomic E-state index is 5.21. The molecule has 0 amide bonds. The van der Waals surface area contributed by atoms with Crippen LogP contribution >= 0.6 is 0 Å². The van der Waals surface area contributed by atoms with Gasteiger partial charge in [-0.3, -0.25) is 9.97 Å². The molecule has 0 aliphatic carbocycles. The Morgan fingerprint density at radius 3 is 1.09 bits per heavy atom. The van der Waals surface area contributed by atoms with Gasteiger partial charge in [0.2, 0.25) is 0 Å². The SMILES string of the molecule is c1ccc(-c2ccc(-c3nc(-c4ccc(-c5ccccn5)cc4)nc(-c4cc(-c5cccc6ccccc56)cc(-c5cccc6ccccc56)c4)n3)cc2)nc1. The van der Waals surface area contributed by atoms with Gasteiger partial charge in [0.15, 0.2) is 17.5 Å². The number of rotatable bonds is 7. The van der Waals surface area contributed by atoms with E-state index in [1.165, 1.54) is 21.5 Å². The fourth-order valence-electron chi connectivity index (χ4n) is 7.43. The number of nitrogens with zero attached hydrogens (tertiary/aromatic N) is 5. The van der Waals surface area contributed by atoms with Crippen molar-refractivity contribution in [2.75, 3.05) is 0 Å². The number of fused-ring (bicyclic) bond motifs is 2. The molecule has 3 heterocycles. The van der Waals surface area contributed by atoms with Crippen LogP contribution in [-0.2, 0) is 0 Å². The zero-order valence-corrected chi connectivity index (χ0v) is 30.3. The Hall–Kier alpha value is -7.63. The Kier molecular flexibility index (Phi) is 8.43. The molecule has 0 bridgehead atoms. The van der Waals surface area contributed by atoms with Gasteiger partial charge in [0.25, 0.3) is 0 Å². The lowest BCUT2D eigenvalue weighted by Crippen LogP contribution is -2.01. The number of hydrogen-bond donors (Lipinski definition) is 0. The number of aromatic nitrogens is 5. The predicted molar refractivity (Wildman–Crippen MR) is 228 cm³/mol. The molecule has 0 aliphatic rings. The van der Waals surface area contributed by atoms with Crippen molar-refractivity contribution in [1.82, 2.24) is 24.9 Å². The summed E-state index contributed by atoms with van der Waals surface area (Å²) in [5.41, 5.74) is 11.0. The van der Waals surface area contributed by atoms with E-state index in [9.17, 15) is 0 Å². The number of hydrogen-bond acceptors (Lipinski definition) is 5. The average Bonchev–Trinajstić information content (AvgIpc) is 3.29. The molecule has 56 heavy (non-hydrogen) atoms. The Labute approximate surface area is 324 Å². The fourth-order valence-corrected chi connectivity index (χ4v) is 7.43. The molecule has 10 rings (SSSR count). The van der Waals surface area contributed by atoms with E-state index in [0.29, 0.717) is 17.5 Å². The molecule has 0 aliphatic heterocycles. The largest absolute Gasteiger partial charge is 0.256 e. The van der Waals surface area contributed by atoms with Gasteiger partial charge in [-0.15, -0.1) is 0 Å². The summed E-state index contributed by atoms with van der Waals surface area (Å²) in [6, 6.07) is 65.2. The molecule has 0 saturated heterocycles. The molecule has 5 nitrogen and oxygen atoms in total. The van der Waals surface area contributed by atoms with E-state index in [1.54, 1.807) is 0 Å². The van der Waals surface area contributed by atoms with E-state index in [2.05, 4.69) is 162 Å². The van der Waals surface area contributed by atoms with Crippen molar-refractivity contribution in [3.8, 4) is 78.9 Å². The van der Waals surface area contributed by atoms with Gasteiger partial charge in [0, 0.05) is 40.2 Å².